The van der Waals surface area contributed by atoms with Crippen LogP contribution in [-0.4, -0.2) is 34.9 Å². The van der Waals surface area contributed by atoms with Gasteiger partial charge in [-0.2, -0.15) is 0 Å². The molecule has 0 amide bonds. The summed E-state index contributed by atoms with van der Waals surface area (Å²) < 4.78 is 50.7. The van der Waals surface area contributed by atoms with Crippen molar-refractivity contribution in [3.63, 3.8) is 0 Å². The second-order valence-electron chi connectivity index (χ2n) is 4.15. The fourth-order valence-corrected chi connectivity index (χ4v) is 4.17. The third-order valence-electron chi connectivity index (χ3n) is 2.41. The second kappa shape index (κ2) is 7.37. The van der Waals surface area contributed by atoms with E-state index >= 15 is 0 Å². The van der Waals surface area contributed by atoms with Crippen LogP contribution >= 0.6 is 33.9 Å². The van der Waals surface area contributed by atoms with Gasteiger partial charge in [0.15, 0.2) is 15.6 Å². The Morgan fingerprint density at radius 3 is 2.00 bits per heavy atom. The van der Waals surface area contributed by atoms with Crippen LogP contribution in [0.5, 0.6) is 5.75 Å². The van der Waals surface area contributed by atoms with Crippen LogP contribution in [0.3, 0.4) is 0 Å². The summed E-state index contributed by atoms with van der Waals surface area (Å²) in [5.74, 6) is -0.0845. The standard InChI is InChI=1S/C11H13Cl3O5S2/c1-2-4-20(15,16)5-3-19-11-9(12)6-8(7-10(11)13)21(14,17)18/h6-7H,2-5H2,1H3. The molecule has 0 N–H and O–H groups in total. The zero-order valence-corrected chi connectivity index (χ0v) is 14.9. The van der Waals surface area contributed by atoms with Crippen molar-refractivity contribution in [2.75, 3.05) is 18.1 Å². The topological polar surface area (TPSA) is 77.5 Å². The smallest absolute Gasteiger partial charge is 0.261 e. The molecule has 0 aliphatic rings. The molecule has 1 aromatic rings. The molecule has 0 saturated heterocycles. The molecule has 0 aliphatic heterocycles. The lowest BCUT2D eigenvalue weighted by Gasteiger charge is -2.11. The summed E-state index contributed by atoms with van der Waals surface area (Å²) in [6.45, 7) is 1.63. The van der Waals surface area contributed by atoms with Crippen molar-refractivity contribution in [2.45, 2.75) is 18.2 Å². The highest BCUT2D eigenvalue weighted by molar-refractivity contribution is 8.13. The molecule has 10 heteroatoms. The molecule has 1 aromatic carbocycles. The fraction of sp³-hybridized carbons (Fsp3) is 0.455. The van der Waals surface area contributed by atoms with E-state index in [1.807, 2.05) is 0 Å². The van der Waals surface area contributed by atoms with Gasteiger partial charge in [0.05, 0.1) is 26.4 Å². The van der Waals surface area contributed by atoms with Crippen LogP contribution in [0.2, 0.25) is 10.0 Å². The third kappa shape index (κ3) is 5.83. The largest absolute Gasteiger partial charge is 0.489 e. The molecule has 120 valence electrons. The van der Waals surface area contributed by atoms with Crippen LogP contribution in [0.25, 0.3) is 0 Å². The first-order valence-electron chi connectivity index (χ1n) is 5.84. The first-order chi connectivity index (χ1) is 9.57. The third-order valence-corrected chi connectivity index (χ3v) is 6.12. The van der Waals surface area contributed by atoms with Gasteiger partial charge < -0.3 is 4.74 Å². The monoisotopic (exact) mass is 394 g/mol. The van der Waals surface area contributed by atoms with Crippen LogP contribution in [0.4, 0.5) is 0 Å². The van der Waals surface area contributed by atoms with Crippen molar-refractivity contribution in [1.82, 2.24) is 0 Å². The average molecular weight is 396 g/mol. The molecule has 21 heavy (non-hydrogen) atoms. The van der Waals surface area contributed by atoms with E-state index < -0.39 is 18.9 Å². The maximum absolute atomic E-state index is 11.5. The molecule has 0 saturated carbocycles. The maximum Gasteiger partial charge on any atom is 0.261 e. The van der Waals surface area contributed by atoms with Gasteiger partial charge in [-0.25, -0.2) is 16.8 Å². The molecule has 0 aromatic heterocycles. The first kappa shape index (κ1) is 18.8. The van der Waals surface area contributed by atoms with E-state index in [-0.39, 0.29) is 38.8 Å². The SMILES string of the molecule is CCCS(=O)(=O)CCOc1c(Cl)cc(S(=O)(=O)Cl)cc1Cl. The van der Waals surface area contributed by atoms with Crippen molar-refractivity contribution in [2.24, 2.45) is 0 Å². The Morgan fingerprint density at radius 1 is 1.05 bits per heavy atom. The minimum Gasteiger partial charge on any atom is -0.489 e. The zero-order valence-electron chi connectivity index (χ0n) is 11.0. The number of benzene rings is 1. The van der Waals surface area contributed by atoms with Crippen LogP contribution in [0, 0.1) is 0 Å². The average Bonchev–Trinajstić information content (AvgIpc) is 2.31. The first-order valence-corrected chi connectivity index (χ1v) is 10.7. The normalized spacial score (nSPS) is 12.4. The van der Waals surface area contributed by atoms with Gasteiger partial charge in [-0.1, -0.05) is 30.1 Å². The lowest BCUT2D eigenvalue weighted by molar-refractivity contribution is 0.341. The van der Waals surface area contributed by atoms with Crippen molar-refractivity contribution in [3.05, 3.63) is 22.2 Å². The molecule has 0 fully saturated rings. The highest BCUT2D eigenvalue weighted by atomic mass is 35.7. The Morgan fingerprint density at radius 2 is 1.57 bits per heavy atom. The Kier molecular flexibility index (Phi) is 6.61. The van der Waals surface area contributed by atoms with Gasteiger partial charge in [-0.05, 0) is 18.6 Å². The summed E-state index contributed by atoms with van der Waals surface area (Å²) in [5, 5.41) is -0.121. The maximum atomic E-state index is 11.5. The van der Waals surface area contributed by atoms with Crippen LogP contribution < -0.4 is 4.74 Å². The van der Waals surface area contributed by atoms with Gasteiger partial charge in [0.2, 0.25) is 0 Å². The summed E-state index contributed by atoms with van der Waals surface area (Å²) in [5.41, 5.74) is 0. The van der Waals surface area contributed by atoms with Crippen molar-refractivity contribution < 1.29 is 21.6 Å². The Hall–Kier alpha value is -0.210. The molecule has 0 radical (unpaired) electrons. The molecule has 0 unspecified atom stereocenters. The highest BCUT2D eigenvalue weighted by Crippen LogP contribution is 2.36. The number of halogens is 3. The second-order valence-corrected chi connectivity index (χ2v) is 9.84. The number of sulfone groups is 1. The Balaban J connectivity index is 2.87. The van der Waals surface area contributed by atoms with E-state index in [1.165, 1.54) is 0 Å². The van der Waals surface area contributed by atoms with E-state index in [4.69, 9.17) is 38.6 Å². The minimum atomic E-state index is -3.96. The highest BCUT2D eigenvalue weighted by Gasteiger charge is 2.18. The fourth-order valence-electron chi connectivity index (χ4n) is 1.50. The molecular formula is C11H13Cl3O5S2. The molecule has 0 aliphatic carbocycles. The summed E-state index contributed by atoms with van der Waals surface area (Å²) >= 11 is 11.7. The number of ether oxygens (including phenoxy) is 1. The lowest BCUT2D eigenvalue weighted by Crippen LogP contribution is -2.17. The minimum absolute atomic E-state index is 0.0223. The molecule has 0 spiro atoms. The molecule has 1 rings (SSSR count). The predicted octanol–water partition coefficient (Wildman–Crippen LogP) is 3.12. The van der Waals surface area contributed by atoms with Crippen LogP contribution in [0.1, 0.15) is 13.3 Å². The quantitative estimate of drug-likeness (QED) is 0.663. The molecule has 0 bridgehead atoms. The molecule has 0 atom stereocenters. The molecule has 0 heterocycles. The zero-order chi connectivity index (χ0) is 16.3. The number of hydrogen-bond acceptors (Lipinski definition) is 5. The predicted molar refractivity (Wildman–Crippen MR) is 83.9 cm³/mol. The van der Waals surface area contributed by atoms with E-state index in [1.54, 1.807) is 6.92 Å². The van der Waals surface area contributed by atoms with Crippen LogP contribution in [0.15, 0.2) is 17.0 Å². The van der Waals surface area contributed by atoms with Crippen LogP contribution in [-0.2, 0) is 18.9 Å². The van der Waals surface area contributed by atoms with E-state index in [0.29, 0.717) is 6.42 Å². The number of rotatable bonds is 7. The van der Waals surface area contributed by atoms with Crippen molar-refractivity contribution in [1.29, 1.82) is 0 Å². The lowest BCUT2D eigenvalue weighted by atomic mass is 10.3. The summed E-state index contributed by atoms with van der Waals surface area (Å²) in [7, 11) is -1.96. The van der Waals surface area contributed by atoms with Gasteiger partial charge in [0, 0.05) is 10.7 Å². The van der Waals surface area contributed by atoms with Gasteiger partial charge >= 0.3 is 0 Å². The van der Waals surface area contributed by atoms with Gasteiger partial charge in [0.1, 0.15) is 6.61 Å². The Labute approximate surface area is 138 Å². The molecule has 5 nitrogen and oxygen atoms in total. The molecular weight excluding hydrogens is 383 g/mol. The number of hydrogen-bond donors (Lipinski definition) is 0. The van der Waals surface area contributed by atoms with Gasteiger partial charge in [-0.15, -0.1) is 0 Å². The van der Waals surface area contributed by atoms with E-state index in [0.717, 1.165) is 12.1 Å². The van der Waals surface area contributed by atoms with E-state index in [9.17, 15) is 16.8 Å². The van der Waals surface area contributed by atoms with E-state index in [2.05, 4.69) is 0 Å². The van der Waals surface area contributed by atoms with Crippen molar-refractivity contribution >= 4 is 52.8 Å². The summed E-state index contributed by atoms with van der Waals surface area (Å²) in [4.78, 5) is -0.259. The summed E-state index contributed by atoms with van der Waals surface area (Å²) in [6.07, 6.45) is 0.520. The Bertz CT molecular complexity index is 690. The summed E-state index contributed by atoms with van der Waals surface area (Å²) in [6, 6.07) is 2.18. The van der Waals surface area contributed by atoms with Gasteiger partial charge in [-0.3, -0.25) is 0 Å². The van der Waals surface area contributed by atoms with Gasteiger partial charge in [0.25, 0.3) is 9.05 Å². The van der Waals surface area contributed by atoms with Crippen molar-refractivity contribution in [3.8, 4) is 5.75 Å².